The van der Waals surface area contributed by atoms with Crippen LogP contribution >= 0.6 is 11.6 Å². The normalized spacial score (nSPS) is 14.4. The van der Waals surface area contributed by atoms with Crippen LogP contribution in [0.3, 0.4) is 0 Å². The van der Waals surface area contributed by atoms with Crippen LogP contribution in [0.15, 0.2) is 18.2 Å². The zero-order valence-corrected chi connectivity index (χ0v) is 11.9. The van der Waals surface area contributed by atoms with Gasteiger partial charge in [0.15, 0.2) is 0 Å². The molecule has 0 aliphatic heterocycles. The maximum atomic E-state index is 11.2. The molecule has 0 saturated carbocycles. The molecule has 2 unspecified atom stereocenters. The van der Waals surface area contributed by atoms with Crippen molar-refractivity contribution in [3.8, 4) is 5.75 Å². The summed E-state index contributed by atoms with van der Waals surface area (Å²) in [5, 5.41) is 4.08. The Hall–Kier alpha value is -0.580. The fourth-order valence-electron chi connectivity index (χ4n) is 1.41. The highest BCUT2D eigenvalue weighted by Gasteiger charge is 2.07. The lowest BCUT2D eigenvalue weighted by Crippen LogP contribution is -2.27. The number of ether oxygens (including phenoxy) is 1. The second-order valence-electron chi connectivity index (χ2n) is 3.90. The number of halogens is 1. The van der Waals surface area contributed by atoms with E-state index in [1.54, 1.807) is 19.4 Å². The van der Waals surface area contributed by atoms with Crippen LogP contribution in [0.5, 0.6) is 5.75 Å². The maximum absolute atomic E-state index is 11.2. The number of rotatable bonds is 6. The van der Waals surface area contributed by atoms with E-state index in [0.717, 1.165) is 11.3 Å². The maximum Gasteiger partial charge on any atom is 0.123 e. The van der Waals surface area contributed by atoms with Crippen molar-refractivity contribution >= 4 is 22.4 Å². The second-order valence-corrected chi connectivity index (χ2v) is 6.13. The number of hydrogen-bond acceptors (Lipinski definition) is 3. The quantitative estimate of drug-likeness (QED) is 0.865. The van der Waals surface area contributed by atoms with Crippen LogP contribution < -0.4 is 10.1 Å². The van der Waals surface area contributed by atoms with Crippen LogP contribution in [0.1, 0.15) is 12.5 Å². The molecule has 0 spiro atoms. The van der Waals surface area contributed by atoms with E-state index in [4.69, 9.17) is 16.3 Å². The van der Waals surface area contributed by atoms with Gasteiger partial charge in [-0.1, -0.05) is 11.6 Å². The number of hydrogen-bond donors (Lipinski definition) is 1. The van der Waals surface area contributed by atoms with Gasteiger partial charge in [-0.05, 0) is 25.1 Å². The number of nitrogens with one attached hydrogen (secondary N) is 1. The molecule has 17 heavy (non-hydrogen) atoms. The summed E-state index contributed by atoms with van der Waals surface area (Å²) in [6, 6.07) is 5.52. The largest absolute Gasteiger partial charge is 0.496 e. The highest BCUT2D eigenvalue weighted by molar-refractivity contribution is 7.84. The third-order valence-electron chi connectivity index (χ3n) is 2.56. The van der Waals surface area contributed by atoms with E-state index in [2.05, 4.69) is 5.32 Å². The fraction of sp³-hybridized carbons (Fsp3) is 0.500. The molecule has 0 bridgehead atoms. The highest BCUT2D eigenvalue weighted by atomic mass is 35.5. The van der Waals surface area contributed by atoms with E-state index < -0.39 is 10.8 Å². The molecule has 1 aromatic rings. The molecule has 1 aromatic carbocycles. The monoisotopic (exact) mass is 275 g/mol. The first-order chi connectivity index (χ1) is 8.04. The molecular formula is C12H18ClNO2S. The van der Waals surface area contributed by atoms with Gasteiger partial charge in [-0.2, -0.15) is 0 Å². The van der Waals surface area contributed by atoms with E-state index in [1.165, 1.54) is 0 Å². The van der Waals surface area contributed by atoms with Crippen molar-refractivity contribution in [2.75, 3.05) is 19.9 Å². The molecule has 1 N–H and O–H groups in total. The van der Waals surface area contributed by atoms with Crippen LogP contribution in [0.2, 0.25) is 5.02 Å². The minimum absolute atomic E-state index is 0.139. The van der Waals surface area contributed by atoms with Crippen LogP contribution in [-0.2, 0) is 17.3 Å². The molecule has 96 valence electrons. The van der Waals surface area contributed by atoms with Gasteiger partial charge in [0.25, 0.3) is 0 Å². The standard InChI is InChI=1S/C12H18ClNO2S/c1-9(17(3)15)7-14-8-10-6-11(13)4-5-12(10)16-2/h4-6,9,14H,7-8H2,1-3H3. The van der Waals surface area contributed by atoms with E-state index in [0.29, 0.717) is 18.1 Å². The Kier molecular flexibility index (Phi) is 5.95. The minimum Gasteiger partial charge on any atom is -0.496 e. The Bertz CT molecular complexity index is 398. The van der Waals surface area contributed by atoms with Crippen LogP contribution in [0, 0.1) is 0 Å². The molecule has 0 radical (unpaired) electrons. The summed E-state index contributed by atoms with van der Waals surface area (Å²) >= 11 is 5.93. The third-order valence-corrected chi connectivity index (χ3v) is 4.09. The predicted molar refractivity (Wildman–Crippen MR) is 73.2 cm³/mol. The minimum atomic E-state index is -0.800. The predicted octanol–water partition coefficient (Wildman–Crippen LogP) is 2.21. The zero-order chi connectivity index (χ0) is 12.8. The van der Waals surface area contributed by atoms with E-state index >= 15 is 0 Å². The molecule has 0 aromatic heterocycles. The summed E-state index contributed by atoms with van der Waals surface area (Å²) in [6.45, 7) is 3.32. The molecular weight excluding hydrogens is 258 g/mol. The Morgan fingerprint density at radius 1 is 1.53 bits per heavy atom. The van der Waals surface area contributed by atoms with Gasteiger partial charge in [0.1, 0.15) is 5.75 Å². The van der Waals surface area contributed by atoms with Crippen molar-refractivity contribution < 1.29 is 8.95 Å². The van der Waals surface area contributed by atoms with Crippen molar-refractivity contribution in [2.24, 2.45) is 0 Å². The Morgan fingerprint density at radius 3 is 2.82 bits per heavy atom. The molecule has 0 aliphatic carbocycles. The fourth-order valence-corrected chi connectivity index (χ4v) is 1.96. The van der Waals surface area contributed by atoms with E-state index in [-0.39, 0.29) is 5.25 Å². The molecule has 5 heteroatoms. The van der Waals surface area contributed by atoms with Crippen LogP contribution in [0.25, 0.3) is 0 Å². The van der Waals surface area contributed by atoms with Crippen molar-refractivity contribution in [1.82, 2.24) is 5.32 Å². The number of benzene rings is 1. The second kappa shape index (κ2) is 6.99. The van der Waals surface area contributed by atoms with Crippen molar-refractivity contribution in [3.05, 3.63) is 28.8 Å². The van der Waals surface area contributed by atoms with Gasteiger partial charge in [-0.15, -0.1) is 0 Å². The van der Waals surface area contributed by atoms with Gasteiger partial charge in [-0.25, -0.2) is 0 Å². The average Bonchev–Trinajstić information content (AvgIpc) is 2.29. The Balaban J connectivity index is 2.56. The van der Waals surface area contributed by atoms with Gasteiger partial charge >= 0.3 is 0 Å². The average molecular weight is 276 g/mol. The molecule has 3 nitrogen and oxygen atoms in total. The van der Waals surface area contributed by atoms with Gasteiger partial charge in [0, 0.05) is 46.0 Å². The summed E-state index contributed by atoms with van der Waals surface area (Å²) in [6.07, 6.45) is 1.71. The SMILES string of the molecule is COc1ccc(Cl)cc1CNCC(C)S(C)=O. The van der Waals surface area contributed by atoms with E-state index in [9.17, 15) is 4.21 Å². The van der Waals surface area contributed by atoms with Crippen molar-refractivity contribution in [2.45, 2.75) is 18.7 Å². The Morgan fingerprint density at radius 2 is 2.24 bits per heavy atom. The molecule has 0 amide bonds. The van der Waals surface area contributed by atoms with Gasteiger partial charge in [0.05, 0.1) is 7.11 Å². The lowest BCUT2D eigenvalue weighted by atomic mass is 10.2. The van der Waals surface area contributed by atoms with Gasteiger partial charge in [-0.3, -0.25) is 4.21 Å². The summed E-state index contributed by atoms with van der Waals surface area (Å²) in [7, 11) is 0.836. The molecule has 2 atom stereocenters. The van der Waals surface area contributed by atoms with Crippen LogP contribution in [0.4, 0.5) is 0 Å². The summed E-state index contributed by atoms with van der Waals surface area (Å²) in [5.41, 5.74) is 1.01. The molecule has 0 aliphatic rings. The van der Waals surface area contributed by atoms with Crippen molar-refractivity contribution in [1.29, 1.82) is 0 Å². The Labute approximate surface area is 110 Å². The topological polar surface area (TPSA) is 38.3 Å². The lowest BCUT2D eigenvalue weighted by molar-refractivity contribution is 0.408. The zero-order valence-electron chi connectivity index (χ0n) is 10.3. The summed E-state index contributed by atoms with van der Waals surface area (Å²) in [4.78, 5) is 0. The molecule has 0 fully saturated rings. The molecule has 0 saturated heterocycles. The summed E-state index contributed by atoms with van der Waals surface area (Å²) in [5.74, 6) is 0.812. The summed E-state index contributed by atoms with van der Waals surface area (Å²) < 4.78 is 16.4. The highest BCUT2D eigenvalue weighted by Crippen LogP contribution is 2.22. The number of methoxy groups -OCH3 is 1. The first-order valence-corrected chi connectivity index (χ1v) is 7.40. The van der Waals surface area contributed by atoms with Crippen LogP contribution in [-0.4, -0.2) is 29.4 Å². The van der Waals surface area contributed by atoms with Crippen molar-refractivity contribution in [3.63, 3.8) is 0 Å². The first kappa shape index (κ1) is 14.5. The van der Waals surface area contributed by atoms with Gasteiger partial charge in [0.2, 0.25) is 0 Å². The van der Waals surface area contributed by atoms with Gasteiger partial charge < -0.3 is 10.1 Å². The first-order valence-electron chi connectivity index (χ1n) is 5.40. The molecule has 1 rings (SSSR count). The third kappa shape index (κ3) is 4.66. The smallest absolute Gasteiger partial charge is 0.123 e. The lowest BCUT2D eigenvalue weighted by Gasteiger charge is -2.12. The molecule has 0 heterocycles. The van der Waals surface area contributed by atoms with E-state index in [1.807, 2.05) is 19.1 Å².